The number of sulfone groups is 1. The van der Waals surface area contributed by atoms with E-state index < -0.39 is 21.2 Å². The van der Waals surface area contributed by atoms with Crippen LogP contribution in [0.4, 0.5) is 10.2 Å². The number of carbonyl (C=O) groups is 1. The number of morpholine rings is 1. The number of pyridine rings is 3. The molecule has 1 aromatic carbocycles. The maximum Gasteiger partial charge on any atom is 0.251 e. The van der Waals surface area contributed by atoms with Crippen LogP contribution in [0.15, 0.2) is 65.7 Å². The maximum atomic E-state index is 14.2. The summed E-state index contributed by atoms with van der Waals surface area (Å²) in [6.45, 7) is 5.65. The number of nitrogens with one attached hydrogen (secondary N) is 1. The number of carbonyl (C=O) groups excluding carboxylic acids is 1. The Kier molecular flexibility index (Phi) is 7.50. The molecule has 0 spiro atoms. The highest BCUT2D eigenvalue weighted by atomic mass is 32.2. The lowest BCUT2D eigenvalue weighted by molar-refractivity contribution is -0.00545. The lowest BCUT2D eigenvalue weighted by atomic mass is 10.1. The van der Waals surface area contributed by atoms with E-state index in [1.54, 1.807) is 12.3 Å². The van der Waals surface area contributed by atoms with Crippen molar-refractivity contribution < 1.29 is 27.1 Å². The monoisotopic (exact) mass is 591 g/mol. The molecule has 3 aromatic heterocycles. The minimum absolute atomic E-state index is 0.0406. The SMILES string of the molecule is C[C@@H]1CN(c2cccc(-c3ccc4cnc(CNC(=O)c5ccc6c(c5)S(=O)(=O)[C@@H](F)CCO6)cc4n3)n2)C[C@H](C)O1. The molecule has 1 N–H and O–H groups in total. The predicted octanol–water partition coefficient (Wildman–Crippen LogP) is 4.09. The van der Waals surface area contributed by atoms with Crippen molar-refractivity contribution in [3.63, 3.8) is 0 Å². The van der Waals surface area contributed by atoms with Crippen LogP contribution in [0.3, 0.4) is 0 Å². The van der Waals surface area contributed by atoms with Gasteiger partial charge < -0.3 is 19.7 Å². The van der Waals surface area contributed by atoms with Crippen LogP contribution in [-0.2, 0) is 21.1 Å². The van der Waals surface area contributed by atoms with E-state index in [2.05, 4.69) is 29.0 Å². The number of hydrogen-bond acceptors (Lipinski definition) is 9. The molecule has 10 nitrogen and oxygen atoms in total. The molecule has 2 aliphatic rings. The number of ether oxygens (including phenoxy) is 2. The molecule has 2 aliphatic heterocycles. The summed E-state index contributed by atoms with van der Waals surface area (Å²) < 4.78 is 50.5. The van der Waals surface area contributed by atoms with Crippen LogP contribution in [-0.4, -0.2) is 66.7 Å². The van der Waals surface area contributed by atoms with E-state index >= 15 is 0 Å². The molecule has 1 amide bonds. The number of fused-ring (bicyclic) bond motifs is 2. The molecular weight excluding hydrogens is 561 g/mol. The van der Waals surface area contributed by atoms with Crippen molar-refractivity contribution in [2.24, 2.45) is 0 Å². The number of rotatable bonds is 5. The Hall–Kier alpha value is -4.16. The molecule has 12 heteroatoms. The summed E-state index contributed by atoms with van der Waals surface area (Å²) in [5.41, 5.74) is 0.694. The number of anilines is 1. The minimum Gasteiger partial charge on any atom is -0.492 e. The smallest absolute Gasteiger partial charge is 0.251 e. The highest BCUT2D eigenvalue weighted by Crippen LogP contribution is 2.33. The fourth-order valence-corrected chi connectivity index (χ4v) is 6.60. The van der Waals surface area contributed by atoms with Crippen LogP contribution < -0.4 is 15.0 Å². The van der Waals surface area contributed by atoms with Gasteiger partial charge in [-0.15, -0.1) is 0 Å². The van der Waals surface area contributed by atoms with Gasteiger partial charge in [-0.3, -0.25) is 9.78 Å². The van der Waals surface area contributed by atoms with Crippen molar-refractivity contribution in [1.82, 2.24) is 20.3 Å². The van der Waals surface area contributed by atoms with E-state index in [0.717, 1.165) is 36.1 Å². The van der Waals surface area contributed by atoms with E-state index in [0.29, 0.717) is 16.9 Å². The molecule has 218 valence electrons. The highest BCUT2D eigenvalue weighted by Gasteiger charge is 2.33. The summed E-state index contributed by atoms with van der Waals surface area (Å²) in [6, 6.07) is 15.5. The Balaban J connectivity index is 1.19. The Morgan fingerprint density at radius 1 is 1.05 bits per heavy atom. The fraction of sp³-hybridized carbons (Fsp3) is 0.333. The van der Waals surface area contributed by atoms with E-state index in [9.17, 15) is 17.6 Å². The highest BCUT2D eigenvalue weighted by molar-refractivity contribution is 7.92. The van der Waals surface area contributed by atoms with Crippen LogP contribution in [0.1, 0.15) is 36.3 Å². The van der Waals surface area contributed by atoms with Crippen molar-refractivity contribution in [3.05, 3.63) is 72.1 Å². The Bertz CT molecular complexity index is 1760. The average Bonchev–Trinajstić information content (AvgIpc) is 3.09. The topological polar surface area (TPSA) is 124 Å². The fourth-order valence-electron chi connectivity index (χ4n) is 5.22. The van der Waals surface area contributed by atoms with Gasteiger partial charge in [0.1, 0.15) is 16.5 Å². The van der Waals surface area contributed by atoms with Crippen molar-refractivity contribution in [1.29, 1.82) is 0 Å². The van der Waals surface area contributed by atoms with Gasteiger partial charge in [0.2, 0.25) is 15.3 Å². The predicted molar refractivity (Wildman–Crippen MR) is 155 cm³/mol. The number of halogens is 1. The number of benzene rings is 1. The summed E-state index contributed by atoms with van der Waals surface area (Å²) in [4.78, 5) is 28.9. The zero-order chi connectivity index (χ0) is 29.4. The van der Waals surface area contributed by atoms with Gasteiger partial charge in [0.05, 0.1) is 48.0 Å². The third kappa shape index (κ3) is 5.64. The van der Waals surface area contributed by atoms with Gasteiger partial charge in [-0.1, -0.05) is 6.07 Å². The number of amides is 1. The molecule has 42 heavy (non-hydrogen) atoms. The number of hydrogen-bond donors (Lipinski definition) is 1. The minimum atomic E-state index is -4.25. The van der Waals surface area contributed by atoms with Crippen molar-refractivity contribution >= 4 is 32.5 Å². The van der Waals surface area contributed by atoms with Crippen LogP contribution >= 0.6 is 0 Å². The van der Waals surface area contributed by atoms with Gasteiger partial charge in [-0.2, -0.15) is 0 Å². The van der Waals surface area contributed by atoms with Gasteiger partial charge in [0.15, 0.2) is 0 Å². The molecule has 0 unspecified atom stereocenters. The standard InChI is InChI=1S/C30H30FN5O5S/c1-18-16-36(17-19(2)41-18)29-5-3-4-23(35-29)24-8-6-21-14-32-22(13-25(21)34-24)15-33-30(37)20-7-9-26-27(12-20)42(38,39)28(31)10-11-40-26/h3-9,12-14,18-19,28H,10-11,15-17H2,1-2H3,(H,33,37)/t18-,19+,28-/m1/s1. The van der Waals surface area contributed by atoms with E-state index in [1.807, 2.05) is 30.3 Å². The lowest BCUT2D eigenvalue weighted by Crippen LogP contribution is -2.45. The molecular formula is C30H30FN5O5S. The second-order valence-electron chi connectivity index (χ2n) is 10.5. The van der Waals surface area contributed by atoms with Crippen molar-refractivity contribution in [2.75, 3.05) is 24.6 Å². The van der Waals surface area contributed by atoms with Crippen LogP contribution in [0, 0.1) is 0 Å². The summed E-state index contributed by atoms with van der Waals surface area (Å²) in [6.07, 6.45) is 1.65. The number of nitrogens with zero attached hydrogens (tertiary/aromatic N) is 4. The molecule has 0 bridgehead atoms. The molecule has 0 aliphatic carbocycles. The van der Waals surface area contributed by atoms with Crippen LogP contribution in [0.25, 0.3) is 22.3 Å². The van der Waals surface area contributed by atoms with Gasteiger partial charge in [0.25, 0.3) is 5.91 Å². The first-order valence-electron chi connectivity index (χ1n) is 13.7. The zero-order valence-corrected chi connectivity index (χ0v) is 24.0. The van der Waals surface area contributed by atoms with Gasteiger partial charge >= 0.3 is 0 Å². The van der Waals surface area contributed by atoms with Crippen LogP contribution in [0.5, 0.6) is 5.75 Å². The van der Waals surface area contributed by atoms with Gasteiger partial charge in [-0.05, 0) is 62.4 Å². The second kappa shape index (κ2) is 11.3. The first kappa shape index (κ1) is 28.0. The molecule has 3 atom stereocenters. The first-order valence-corrected chi connectivity index (χ1v) is 15.3. The summed E-state index contributed by atoms with van der Waals surface area (Å²) in [7, 11) is -4.25. The third-order valence-corrected chi connectivity index (χ3v) is 9.09. The second-order valence-corrected chi connectivity index (χ2v) is 12.6. The van der Waals surface area contributed by atoms with Crippen molar-refractivity contribution in [2.45, 2.75) is 49.4 Å². The van der Waals surface area contributed by atoms with Gasteiger partial charge in [0, 0.05) is 36.7 Å². The third-order valence-electron chi connectivity index (χ3n) is 7.25. The number of alkyl halides is 1. The van der Waals surface area contributed by atoms with E-state index in [4.69, 9.17) is 19.4 Å². The Morgan fingerprint density at radius 3 is 2.64 bits per heavy atom. The molecule has 5 heterocycles. The van der Waals surface area contributed by atoms with E-state index in [-0.39, 0.29) is 48.0 Å². The van der Waals surface area contributed by atoms with Crippen molar-refractivity contribution in [3.8, 4) is 17.1 Å². The maximum absolute atomic E-state index is 14.2. The Labute approximate surface area is 242 Å². The summed E-state index contributed by atoms with van der Waals surface area (Å²) in [5, 5.41) is 3.58. The molecule has 1 saturated heterocycles. The first-order chi connectivity index (χ1) is 20.2. The van der Waals surface area contributed by atoms with E-state index in [1.165, 1.54) is 12.1 Å². The summed E-state index contributed by atoms with van der Waals surface area (Å²) >= 11 is 0. The normalized spacial score (nSPS) is 21.7. The molecule has 1 fully saturated rings. The molecule has 4 aromatic rings. The largest absolute Gasteiger partial charge is 0.492 e. The van der Waals surface area contributed by atoms with Gasteiger partial charge in [-0.25, -0.2) is 22.8 Å². The number of aromatic nitrogens is 3. The average molecular weight is 592 g/mol. The lowest BCUT2D eigenvalue weighted by Gasteiger charge is -2.36. The molecule has 6 rings (SSSR count). The quantitative estimate of drug-likeness (QED) is 0.366. The summed E-state index contributed by atoms with van der Waals surface area (Å²) in [5.74, 6) is 0.386. The molecule has 0 saturated carbocycles. The van der Waals surface area contributed by atoms with Crippen LogP contribution in [0.2, 0.25) is 0 Å². The molecule has 0 radical (unpaired) electrons. The Morgan fingerprint density at radius 2 is 1.83 bits per heavy atom. The zero-order valence-electron chi connectivity index (χ0n) is 23.2.